The molecule has 25 heavy (non-hydrogen) atoms. The molecule has 0 aromatic heterocycles. The maximum absolute atomic E-state index is 11.0. The number of rotatable bonds is 6. The summed E-state index contributed by atoms with van der Waals surface area (Å²) in [6.45, 7) is 1.81. The predicted octanol–water partition coefficient (Wildman–Crippen LogP) is 4.66. The number of benzene rings is 2. The lowest BCUT2D eigenvalue weighted by molar-refractivity contribution is -0.393. The second kappa shape index (κ2) is 8.02. The number of allylic oxidation sites excluding steroid dienone is 1. The molecule has 128 valence electrons. The first-order valence-electron chi connectivity index (χ1n) is 7.02. The summed E-state index contributed by atoms with van der Waals surface area (Å²) in [4.78, 5) is 20.3. The molecule has 0 bridgehead atoms. The van der Waals surface area contributed by atoms with E-state index in [9.17, 15) is 20.2 Å². The van der Waals surface area contributed by atoms with Crippen LogP contribution in [0.15, 0.2) is 53.1 Å². The smallest absolute Gasteiger partial charge is 0.272 e. The van der Waals surface area contributed by atoms with Crippen LogP contribution >= 0.6 is 11.6 Å². The number of halogens is 1. The van der Waals surface area contributed by atoms with E-state index in [-0.39, 0.29) is 11.4 Å². The molecule has 2 rings (SSSR count). The largest absolute Gasteiger partial charge is 0.301 e. The van der Waals surface area contributed by atoms with Gasteiger partial charge >= 0.3 is 5.69 Å². The number of hydrazone groups is 1. The van der Waals surface area contributed by atoms with Crippen molar-refractivity contribution in [2.45, 2.75) is 6.92 Å². The number of hydrogen-bond acceptors (Lipinski definition) is 6. The molecule has 0 aliphatic heterocycles. The maximum atomic E-state index is 11.0. The number of nitro benzene ring substituents is 2. The van der Waals surface area contributed by atoms with Crippen LogP contribution in [0.3, 0.4) is 0 Å². The highest BCUT2D eigenvalue weighted by atomic mass is 35.5. The number of nitrogens with one attached hydrogen (secondary N) is 1. The van der Waals surface area contributed by atoms with Crippen LogP contribution in [0.2, 0.25) is 5.02 Å². The van der Waals surface area contributed by atoms with Gasteiger partial charge in [-0.1, -0.05) is 29.8 Å². The van der Waals surface area contributed by atoms with Crippen LogP contribution in [0.25, 0.3) is 6.08 Å². The summed E-state index contributed by atoms with van der Waals surface area (Å²) in [7, 11) is 0. The standard InChI is InChI=1S/C16H13ClN4O4/c1-11(8-12-2-4-13(17)5-3-12)10-18-19-15-7-6-14(20(22)23)9-16(15)21(24)25/h2-10,19H,1H3/b11-8+,18-10-. The minimum atomic E-state index is -0.707. The van der Waals surface area contributed by atoms with Gasteiger partial charge in [-0.25, -0.2) is 0 Å². The fraction of sp³-hybridized carbons (Fsp3) is 0.0625. The molecule has 1 N–H and O–H groups in total. The van der Waals surface area contributed by atoms with E-state index in [2.05, 4.69) is 10.5 Å². The first kappa shape index (κ1) is 18.1. The normalized spacial score (nSPS) is 11.5. The molecule has 0 unspecified atom stereocenters. The zero-order valence-corrected chi connectivity index (χ0v) is 13.8. The molecule has 0 fully saturated rings. The number of hydrogen-bond donors (Lipinski definition) is 1. The van der Waals surface area contributed by atoms with E-state index in [0.29, 0.717) is 5.02 Å². The maximum Gasteiger partial charge on any atom is 0.301 e. The van der Waals surface area contributed by atoms with E-state index < -0.39 is 15.5 Å². The first-order valence-corrected chi connectivity index (χ1v) is 7.40. The van der Waals surface area contributed by atoms with Gasteiger partial charge in [0.25, 0.3) is 5.69 Å². The predicted molar refractivity (Wildman–Crippen MR) is 97.0 cm³/mol. The summed E-state index contributed by atoms with van der Waals surface area (Å²) in [5.41, 5.74) is 3.52. The van der Waals surface area contributed by atoms with Crippen LogP contribution in [0.5, 0.6) is 0 Å². The van der Waals surface area contributed by atoms with Crippen LogP contribution in [0.4, 0.5) is 17.1 Å². The molecular weight excluding hydrogens is 348 g/mol. The Morgan fingerprint density at radius 3 is 2.40 bits per heavy atom. The topological polar surface area (TPSA) is 111 Å². The Labute approximate surface area is 147 Å². The third-order valence-electron chi connectivity index (χ3n) is 3.11. The van der Waals surface area contributed by atoms with Crippen molar-refractivity contribution in [2.24, 2.45) is 5.10 Å². The van der Waals surface area contributed by atoms with Gasteiger partial charge in [0.2, 0.25) is 0 Å². The fourth-order valence-electron chi connectivity index (χ4n) is 1.94. The quantitative estimate of drug-likeness (QED) is 0.457. The van der Waals surface area contributed by atoms with Crippen LogP contribution < -0.4 is 5.43 Å². The van der Waals surface area contributed by atoms with Gasteiger partial charge in [-0.05, 0) is 36.3 Å². The highest BCUT2D eigenvalue weighted by Crippen LogP contribution is 2.28. The highest BCUT2D eigenvalue weighted by molar-refractivity contribution is 6.30. The van der Waals surface area contributed by atoms with Gasteiger partial charge in [-0.2, -0.15) is 5.10 Å². The lowest BCUT2D eigenvalue weighted by Crippen LogP contribution is -1.98. The van der Waals surface area contributed by atoms with Crippen molar-refractivity contribution in [3.8, 4) is 0 Å². The summed E-state index contributed by atoms with van der Waals surface area (Å²) in [6.07, 6.45) is 3.34. The molecule has 0 aliphatic rings. The molecule has 2 aromatic rings. The second-order valence-corrected chi connectivity index (χ2v) is 5.46. The summed E-state index contributed by atoms with van der Waals surface area (Å²) in [5, 5.41) is 26.3. The fourth-order valence-corrected chi connectivity index (χ4v) is 2.07. The van der Waals surface area contributed by atoms with E-state index in [1.165, 1.54) is 18.3 Å². The van der Waals surface area contributed by atoms with Gasteiger partial charge in [-0.15, -0.1) is 0 Å². The molecule has 0 amide bonds. The molecule has 0 saturated carbocycles. The average molecular weight is 361 g/mol. The van der Waals surface area contributed by atoms with E-state index in [0.717, 1.165) is 17.2 Å². The summed E-state index contributed by atoms with van der Waals surface area (Å²) < 4.78 is 0. The van der Waals surface area contributed by atoms with Crippen LogP contribution in [-0.2, 0) is 0 Å². The van der Waals surface area contributed by atoms with Crippen molar-refractivity contribution < 1.29 is 9.85 Å². The Kier molecular flexibility index (Phi) is 5.80. The van der Waals surface area contributed by atoms with Crippen molar-refractivity contribution in [1.82, 2.24) is 0 Å². The number of nitrogens with zero attached hydrogens (tertiary/aromatic N) is 3. The van der Waals surface area contributed by atoms with Crippen LogP contribution in [0.1, 0.15) is 12.5 Å². The van der Waals surface area contributed by atoms with Crippen molar-refractivity contribution in [2.75, 3.05) is 5.43 Å². The molecule has 9 heteroatoms. The Bertz CT molecular complexity index is 863. The van der Waals surface area contributed by atoms with E-state index in [4.69, 9.17) is 11.6 Å². The van der Waals surface area contributed by atoms with Gasteiger partial charge in [0.05, 0.1) is 22.1 Å². The molecule has 0 aliphatic carbocycles. The summed E-state index contributed by atoms with van der Waals surface area (Å²) >= 11 is 5.82. The molecule has 0 saturated heterocycles. The molecule has 0 spiro atoms. The van der Waals surface area contributed by atoms with E-state index in [1.54, 1.807) is 12.1 Å². The minimum Gasteiger partial charge on any atom is -0.272 e. The number of nitro groups is 2. The SMILES string of the molecule is CC(/C=N\Nc1ccc([N+](=O)[O-])cc1[N+](=O)[O-])=C\c1ccc(Cl)cc1. The van der Waals surface area contributed by atoms with Gasteiger partial charge < -0.3 is 0 Å². The van der Waals surface area contributed by atoms with Gasteiger partial charge in [-0.3, -0.25) is 25.7 Å². The molecule has 8 nitrogen and oxygen atoms in total. The Balaban J connectivity index is 2.14. The zero-order chi connectivity index (χ0) is 18.4. The van der Waals surface area contributed by atoms with Crippen molar-refractivity contribution in [3.63, 3.8) is 0 Å². The molecule has 2 aromatic carbocycles. The second-order valence-electron chi connectivity index (χ2n) is 5.03. The van der Waals surface area contributed by atoms with Crippen molar-refractivity contribution in [3.05, 3.63) is 78.9 Å². The van der Waals surface area contributed by atoms with Crippen LogP contribution in [0, 0.1) is 20.2 Å². The Hall–Kier alpha value is -3.26. The number of non-ortho nitro benzene ring substituents is 1. The average Bonchev–Trinajstić information content (AvgIpc) is 2.56. The molecule has 0 radical (unpaired) electrons. The Morgan fingerprint density at radius 1 is 1.12 bits per heavy atom. The number of anilines is 1. The van der Waals surface area contributed by atoms with E-state index >= 15 is 0 Å². The van der Waals surface area contributed by atoms with E-state index in [1.807, 2.05) is 25.1 Å². The Morgan fingerprint density at radius 2 is 1.80 bits per heavy atom. The summed E-state index contributed by atoms with van der Waals surface area (Å²) in [6, 6.07) is 10.5. The third-order valence-corrected chi connectivity index (χ3v) is 3.36. The van der Waals surface area contributed by atoms with Crippen molar-refractivity contribution in [1.29, 1.82) is 0 Å². The van der Waals surface area contributed by atoms with Gasteiger partial charge in [0.15, 0.2) is 0 Å². The lowest BCUT2D eigenvalue weighted by atomic mass is 10.1. The lowest BCUT2D eigenvalue weighted by Gasteiger charge is -2.02. The third kappa shape index (κ3) is 5.11. The molecule has 0 heterocycles. The summed E-state index contributed by atoms with van der Waals surface area (Å²) in [5.74, 6) is 0. The first-order chi connectivity index (χ1) is 11.9. The minimum absolute atomic E-state index is 0.0612. The molecular formula is C16H13ClN4O4. The highest BCUT2D eigenvalue weighted by Gasteiger charge is 2.18. The molecule has 0 atom stereocenters. The van der Waals surface area contributed by atoms with Gasteiger partial charge in [0.1, 0.15) is 5.69 Å². The van der Waals surface area contributed by atoms with Crippen molar-refractivity contribution >= 4 is 41.0 Å². The van der Waals surface area contributed by atoms with Gasteiger partial charge in [0, 0.05) is 11.1 Å². The monoisotopic (exact) mass is 360 g/mol. The van der Waals surface area contributed by atoms with Crippen LogP contribution in [-0.4, -0.2) is 16.1 Å². The zero-order valence-electron chi connectivity index (χ0n) is 13.0.